The van der Waals surface area contributed by atoms with Crippen LogP contribution < -0.4 is 0 Å². The van der Waals surface area contributed by atoms with Crippen molar-refractivity contribution in [1.82, 2.24) is 9.78 Å². The molecule has 2 nitrogen and oxygen atoms in total. The molecule has 0 fully saturated rings. The molecule has 2 aromatic carbocycles. The van der Waals surface area contributed by atoms with Gasteiger partial charge in [0.05, 0.1) is 17.1 Å². The molecule has 3 aromatic rings. The molecule has 0 saturated carbocycles. The SMILES string of the molecule is Cc1ccc(F)cc1-n1nc(C)c(-c2ccccc2)c1C(C)C. The van der Waals surface area contributed by atoms with Gasteiger partial charge in [-0.15, -0.1) is 0 Å². The van der Waals surface area contributed by atoms with E-state index in [0.29, 0.717) is 0 Å². The van der Waals surface area contributed by atoms with Gasteiger partial charge in [-0.3, -0.25) is 0 Å². The molecule has 3 heteroatoms. The van der Waals surface area contributed by atoms with Crippen molar-refractivity contribution in [3.8, 4) is 16.8 Å². The van der Waals surface area contributed by atoms with Gasteiger partial charge in [0.15, 0.2) is 0 Å². The highest BCUT2D eigenvalue weighted by molar-refractivity contribution is 5.70. The number of halogens is 1. The predicted octanol–water partition coefficient (Wildman–Crippen LogP) is 5.42. The first kappa shape index (κ1) is 15.5. The molecule has 0 unspecified atom stereocenters. The van der Waals surface area contributed by atoms with Crippen LogP contribution in [-0.4, -0.2) is 9.78 Å². The summed E-state index contributed by atoms with van der Waals surface area (Å²) in [4.78, 5) is 0. The Bertz CT molecular complexity index is 832. The Morgan fingerprint density at radius 3 is 2.35 bits per heavy atom. The first-order valence-electron chi connectivity index (χ1n) is 7.90. The molecule has 0 aliphatic heterocycles. The van der Waals surface area contributed by atoms with Crippen LogP contribution in [0.1, 0.15) is 36.7 Å². The summed E-state index contributed by atoms with van der Waals surface area (Å²) in [6, 6.07) is 15.1. The van der Waals surface area contributed by atoms with Crippen LogP contribution in [0, 0.1) is 19.7 Å². The molecular weight excluding hydrogens is 287 g/mol. The second-order valence-corrected chi connectivity index (χ2v) is 6.21. The number of rotatable bonds is 3. The van der Waals surface area contributed by atoms with Crippen molar-refractivity contribution >= 4 is 0 Å². The quantitative estimate of drug-likeness (QED) is 0.632. The Labute approximate surface area is 136 Å². The van der Waals surface area contributed by atoms with E-state index in [1.165, 1.54) is 6.07 Å². The number of hydrogen-bond donors (Lipinski definition) is 0. The van der Waals surface area contributed by atoms with Crippen molar-refractivity contribution in [2.75, 3.05) is 0 Å². The zero-order chi connectivity index (χ0) is 16.6. The van der Waals surface area contributed by atoms with Gasteiger partial charge in [0.1, 0.15) is 5.82 Å². The molecule has 1 aromatic heterocycles. The lowest BCUT2D eigenvalue weighted by Gasteiger charge is -2.15. The zero-order valence-electron chi connectivity index (χ0n) is 14.0. The van der Waals surface area contributed by atoms with Gasteiger partial charge < -0.3 is 0 Å². The van der Waals surface area contributed by atoms with E-state index in [4.69, 9.17) is 5.10 Å². The van der Waals surface area contributed by atoms with Crippen LogP contribution in [0.15, 0.2) is 48.5 Å². The normalized spacial score (nSPS) is 11.2. The first-order valence-corrected chi connectivity index (χ1v) is 7.90. The highest BCUT2D eigenvalue weighted by Crippen LogP contribution is 2.34. The minimum Gasteiger partial charge on any atom is -0.236 e. The molecule has 0 N–H and O–H groups in total. The van der Waals surface area contributed by atoms with Crippen LogP contribution in [0.2, 0.25) is 0 Å². The lowest BCUT2D eigenvalue weighted by molar-refractivity contribution is 0.622. The number of benzene rings is 2. The van der Waals surface area contributed by atoms with Crippen molar-refractivity contribution in [3.05, 3.63) is 71.3 Å². The molecule has 23 heavy (non-hydrogen) atoms. The molecule has 118 valence electrons. The fourth-order valence-electron chi connectivity index (χ4n) is 3.03. The van der Waals surface area contributed by atoms with Gasteiger partial charge in [-0.2, -0.15) is 5.10 Å². The molecule has 0 amide bonds. The van der Waals surface area contributed by atoms with E-state index in [0.717, 1.165) is 33.8 Å². The molecule has 0 bridgehead atoms. The van der Waals surface area contributed by atoms with Gasteiger partial charge >= 0.3 is 0 Å². The van der Waals surface area contributed by atoms with Crippen molar-refractivity contribution in [2.45, 2.75) is 33.6 Å². The van der Waals surface area contributed by atoms with Gasteiger partial charge in [-0.25, -0.2) is 9.07 Å². The minimum atomic E-state index is -0.241. The largest absolute Gasteiger partial charge is 0.236 e. The summed E-state index contributed by atoms with van der Waals surface area (Å²) < 4.78 is 15.7. The van der Waals surface area contributed by atoms with E-state index in [9.17, 15) is 4.39 Å². The Balaban J connectivity index is 2.29. The third-order valence-corrected chi connectivity index (χ3v) is 4.10. The average Bonchev–Trinajstić information content (AvgIpc) is 2.88. The van der Waals surface area contributed by atoms with Crippen LogP contribution in [0.25, 0.3) is 16.8 Å². The summed E-state index contributed by atoms with van der Waals surface area (Å²) in [7, 11) is 0. The highest BCUT2D eigenvalue weighted by Gasteiger charge is 2.21. The van der Waals surface area contributed by atoms with Gasteiger partial charge in [0.2, 0.25) is 0 Å². The predicted molar refractivity (Wildman–Crippen MR) is 92.5 cm³/mol. The van der Waals surface area contributed by atoms with Crippen molar-refractivity contribution in [1.29, 1.82) is 0 Å². The lowest BCUT2D eigenvalue weighted by Crippen LogP contribution is -2.06. The average molecular weight is 308 g/mol. The standard InChI is InChI=1S/C20H21FN2/c1-13(2)20-19(16-8-6-5-7-9-16)15(4)22-23(20)18-12-17(21)11-10-14(18)3/h5-13H,1-4H3. The second-order valence-electron chi connectivity index (χ2n) is 6.21. The summed E-state index contributed by atoms with van der Waals surface area (Å²) in [5.41, 5.74) is 6.18. The molecule has 1 heterocycles. The number of aromatic nitrogens is 2. The summed E-state index contributed by atoms with van der Waals surface area (Å²) in [5, 5.41) is 4.73. The van der Waals surface area contributed by atoms with Crippen molar-refractivity contribution in [2.24, 2.45) is 0 Å². The van der Waals surface area contributed by atoms with Gasteiger partial charge in [0, 0.05) is 5.56 Å². The van der Waals surface area contributed by atoms with Gasteiger partial charge in [0.25, 0.3) is 0 Å². The maximum absolute atomic E-state index is 13.8. The summed E-state index contributed by atoms with van der Waals surface area (Å²) in [6.07, 6.45) is 0. The fourth-order valence-corrected chi connectivity index (χ4v) is 3.03. The monoisotopic (exact) mass is 308 g/mol. The minimum absolute atomic E-state index is 0.241. The fraction of sp³-hybridized carbons (Fsp3) is 0.250. The number of aryl methyl sites for hydroxylation is 2. The van der Waals surface area contributed by atoms with E-state index in [1.54, 1.807) is 12.1 Å². The molecule has 0 radical (unpaired) electrons. The van der Waals surface area contributed by atoms with Gasteiger partial charge in [-0.05, 0) is 43.0 Å². The maximum atomic E-state index is 13.8. The Morgan fingerprint density at radius 1 is 1.00 bits per heavy atom. The van der Waals surface area contributed by atoms with Crippen molar-refractivity contribution < 1.29 is 4.39 Å². The van der Waals surface area contributed by atoms with Gasteiger partial charge in [-0.1, -0.05) is 50.2 Å². The van der Waals surface area contributed by atoms with Crippen molar-refractivity contribution in [3.63, 3.8) is 0 Å². The van der Waals surface area contributed by atoms with Crippen LogP contribution in [0.5, 0.6) is 0 Å². The summed E-state index contributed by atoms with van der Waals surface area (Å²) in [6.45, 7) is 8.29. The molecule has 0 aliphatic rings. The van der Waals surface area contributed by atoms with E-state index < -0.39 is 0 Å². The molecule has 0 spiro atoms. The zero-order valence-corrected chi connectivity index (χ0v) is 14.0. The molecule has 0 atom stereocenters. The van der Waals surface area contributed by atoms with E-state index in [1.807, 2.05) is 36.7 Å². The Kier molecular flexibility index (Phi) is 4.03. The topological polar surface area (TPSA) is 17.8 Å². The Hall–Kier alpha value is -2.42. The highest BCUT2D eigenvalue weighted by atomic mass is 19.1. The number of hydrogen-bond acceptors (Lipinski definition) is 1. The Morgan fingerprint density at radius 2 is 1.70 bits per heavy atom. The summed E-state index contributed by atoms with van der Waals surface area (Å²) in [5.74, 6) is 0.0313. The molecule has 0 aliphatic carbocycles. The van der Waals surface area contributed by atoms with Crippen LogP contribution in [-0.2, 0) is 0 Å². The smallest absolute Gasteiger partial charge is 0.125 e. The van der Waals surface area contributed by atoms with Crippen LogP contribution >= 0.6 is 0 Å². The van der Waals surface area contributed by atoms with Crippen LogP contribution in [0.3, 0.4) is 0 Å². The third-order valence-electron chi connectivity index (χ3n) is 4.10. The lowest BCUT2D eigenvalue weighted by atomic mass is 9.97. The summed E-state index contributed by atoms with van der Waals surface area (Å²) >= 11 is 0. The maximum Gasteiger partial charge on any atom is 0.125 e. The van der Waals surface area contributed by atoms with E-state index >= 15 is 0 Å². The number of nitrogens with zero attached hydrogens (tertiary/aromatic N) is 2. The molecular formula is C20H21FN2. The second kappa shape index (κ2) is 5.99. The molecule has 3 rings (SSSR count). The van der Waals surface area contributed by atoms with E-state index in [-0.39, 0.29) is 11.7 Å². The molecule has 0 saturated heterocycles. The third kappa shape index (κ3) is 2.79. The van der Waals surface area contributed by atoms with E-state index in [2.05, 4.69) is 26.0 Å². The first-order chi connectivity index (χ1) is 11.0. The van der Waals surface area contributed by atoms with Crippen LogP contribution in [0.4, 0.5) is 4.39 Å².